The summed E-state index contributed by atoms with van der Waals surface area (Å²) in [5.41, 5.74) is 1.01. The number of carbonyl (C=O) groups is 9. The zero-order valence-corrected chi connectivity index (χ0v) is 80.7. The molecular weight excluding hydrogens is 1900 g/mol. The number of aliphatic carboxylic acids is 2. The second-order valence-corrected chi connectivity index (χ2v) is 40.4. The molecule has 1 aliphatic heterocycles. The summed E-state index contributed by atoms with van der Waals surface area (Å²) in [5, 5.41) is 76.0. The van der Waals surface area contributed by atoms with Crippen molar-refractivity contribution in [1.82, 2.24) is 79.4 Å². The number of aromatic amines is 2. The fourth-order valence-electron chi connectivity index (χ4n) is 16.3. The van der Waals surface area contributed by atoms with Crippen molar-refractivity contribution < 1.29 is 127 Å². The number of hydrogen-bond donors (Lipinski definition) is 20. The first-order valence-electron chi connectivity index (χ1n) is 44.1. The van der Waals surface area contributed by atoms with Crippen molar-refractivity contribution in [2.75, 3.05) is 127 Å². The van der Waals surface area contributed by atoms with E-state index in [1.807, 2.05) is 0 Å². The lowest BCUT2D eigenvalue weighted by Gasteiger charge is -2.34. The maximum atomic E-state index is 15.1. The molecule has 20 N–H and O–H groups in total. The molecule has 0 radical (unpaired) electrons. The highest BCUT2D eigenvalue weighted by Crippen LogP contribution is 2.34. The van der Waals surface area contributed by atoms with E-state index in [-0.39, 0.29) is 158 Å². The third-order valence-electron chi connectivity index (χ3n) is 22.9. The highest BCUT2D eigenvalue weighted by Gasteiger charge is 2.39. The van der Waals surface area contributed by atoms with Crippen molar-refractivity contribution in [3.05, 3.63) is 173 Å². The molecule has 9 rings (SSSR count). The van der Waals surface area contributed by atoms with Crippen LogP contribution in [0.4, 0.5) is 11.9 Å². The molecule has 52 heteroatoms. The molecule has 4 aromatic heterocycles. The molecule has 5 atom stereocenters. The average Bonchev–Trinajstić information content (AvgIpc) is 1.39. The molecule has 48 nitrogen and oxygen atoms in total. The molecule has 8 aromatic rings. The Hall–Kier alpha value is -11.8. The average molecular weight is 2020 g/mol. The van der Waals surface area contributed by atoms with Gasteiger partial charge in [-0.2, -0.15) is 13.1 Å². The number of ketones is 3. The maximum Gasteiger partial charge on any atom is 0.323 e. The number of rotatable bonds is 52. The van der Waals surface area contributed by atoms with Crippen molar-refractivity contribution in [2.24, 2.45) is 0 Å². The summed E-state index contributed by atoms with van der Waals surface area (Å²) in [6, 6.07) is 5.98. The standard InChI is InChI=1S/C87H119N19O29S4/c1-52-34-53(2)81(54(3)35-52)138(131,132)98-66(57(6)107)14-16-72(108)64-44-105(70-38-58(10-12-62(70)79(64)118)41-94-86-89-19-20-90-86)24-9-25-106(124)60(50-136(125,126)127)40-73(109)67(96-75(111)46-100-26-28-101(47-76(112)113)30-32-103(49-78(116)117)33-31-102(29-27-100)48-77(114)115)15-17-74(110)97-69(51-137(128,129)130)84(121)88-18-8-23-104-45-65(80(119)63-13-11-59(39-71(63)104)42-95-87-91-21-22-92-87)83(120)93-43-68(85(122)123)99-139(133,134)82-55(4)36-61(135-7)37-56(82)5/h10-13,19-22,34-39,44-45,60,66-69,76,78,98-99,112-113,116-117H,8-9,14-18,23-33,40-43,46-51H2,1-7H3,(H13-,88,89,90,91,92,93,94,95,96,97,110,111,114,115,120,121,122,123,125,126,127,128,129,130)/p+1/t60-,66-,67?,68-,69-/m0/s1. The maximum absolute atomic E-state index is 15.1. The Morgan fingerprint density at radius 1 is 0.561 bits per heavy atom. The molecule has 0 spiro atoms. The summed E-state index contributed by atoms with van der Waals surface area (Å²) < 4.78 is 136. The van der Waals surface area contributed by atoms with Gasteiger partial charge in [-0.3, -0.25) is 76.9 Å². The number of carboxylic acid groups (broad SMARTS) is 2. The molecule has 0 bridgehead atoms. The topological polar surface area (TPSA) is 698 Å². The summed E-state index contributed by atoms with van der Waals surface area (Å²) in [7, 11) is -17.5. The van der Waals surface area contributed by atoms with E-state index in [2.05, 4.69) is 61.3 Å². The van der Waals surface area contributed by atoms with Gasteiger partial charge in [0.1, 0.15) is 34.9 Å². The van der Waals surface area contributed by atoms with E-state index in [4.69, 9.17) is 4.74 Å². The van der Waals surface area contributed by atoms with E-state index in [9.17, 15) is 127 Å². The number of aliphatic hydroxyl groups is 4. The number of carbonyl (C=O) groups excluding carboxylic acids is 7. The largest absolute Gasteiger partial charge is 0.497 e. The van der Waals surface area contributed by atoms with Gasteiger partial charge in [0.25, 0.3) is 16.0 Å². The van der Waals surface area contributed by atoms with Crippen LogP contribution < -0.4 is 56.9 Å². The van der Waals surface area contributed by atoms with E-state index >= 15 is 4.79 Å². The molecule has 139 heavy (non-hydrogen) atoms. The minimum atomic E-state index is -5.23. The number of aromatic nitrogens is 6. The Kier molecular flexibility index (Phi) is 40.1. The van der Waals surface area contributed by atoms with Gasteiger partial charge in [-0.25, -0.2) is 31.5 Å². The van der Waals surface area contributed by atoms with Gasteiger partial charge in [-0.1, -0.05) is 29.8 Å². The first-order chi connectivity index (χ1) is 65.4. The summed E-state index contributed by atoms with van der Waals surface area (Å²) in [6.45, 7) is 5.17. The number of nitrogens with one attached hydrogen (secondary N) is 10. The molecule has 760 valence electrons. The number of imidazole rings is 2. The van der Waals surface area contributed by atoms with Gasteiger partial charge in [0.2, 0.25) is 49.2 Å². The van der Waals surface area contributed by atoms with Crippen LogP contribution in [0.3, 0.4) is 0 Å². The number of hydrogen-bond acceptors (Lipinski definition) is 34. The number of H-pyrrole nitrogens is 2. The smallest absolute Gasteiger partial charge is 0.323 e. The number of Topliss-reactive ketones (excluding diaryl/α,β-unsaturated/α-hetero) is 3. The normalized spacial score (nSPS) is 15.0. The number of pyridine rings is 2. The Labute approximate surface area is 801 Å². The lowest BCUT2D eigenvalue weighted by molar-refractivity contribution is -0.581. The second-order valence-electron chi connectivity index (χ2n) is 34.0. The molecule has 1 fully saturated rings. The van der Waals surface area contributed by atoms with Crippen LogP contribution >= 0.6 is 10.9 Å². The van der Waals surface area contributed by atoms with E-state index in [1.165, 1.54) is 82.7 Å². The number of methoxy groups -OCH3 is 1. The highest BCUT2D eigenvalue weighted by atomic mass is 32.3. The Morgan fingerprint density at radius 2 is 1.04 bits per heavy atom. The quantitative estimate of drug-likeness (QED) is 0.00790. The number of nitrogens with zero attached hydrogens (tertiary/aromatic N) is 9. The first kappa shape index (κ1) is 111. The van der Waals surface area contributed by atoms with Crippen molar-refractivity contribution in [3.63, 3.8) is 0 Å². The number of aliphatic hydroxyl groups excluding tert-OH is 2. The van der Waals surface area contributed by atoms with Gasteiger partial charge in [0, 0.05) is 182 Å². The molecule has 1 saturated heterocycles. The number of benzene rings is 4. The summed E-state index contributed by atoms with van der Waals surface area (Å²) in [5.74, 6) is -11.7. The fraction of sp³-hybridized carbons (Fsp3) is 0.483. The van der Waals surface area contributed by atoms with E-state index < -0.39 is 229 Å². The lowest BCUT2D eigenvalue weighted by Crippen LogP contribution is -2.52. The van der Waals surface area contributed by atoms with Gasteiger partial charge in [-0.05, 0) is 131 Å². The number of fused-ring (bicyclic) bond motifs is 2. The number of anilines is 2. The van der Waals surface area contributed by atoms with Crippen LogP contribution in [0.5, 0.6) is 5.75 Å². The van der Waals surface area contributed by atoms with E-state index in [0.717, 1.165) is 18.7 Å². The van der Waals surface area contributed by atoms with Crippen LogP contribution in [0.2, 0.25) is 0 Å². The minimum Gasteiger partial charge on any atom is -0.497 e. The van der Waals surface area contributed by atoms with E-state index in [1.54, 1.807) is 79.4 Å². The van der Waals surface area contributed by atoms with Gasteiger partial charge in [-0.15, -0.1) is 0 Å². The van der Waals surface area contributed by atoms with Gasteiger partial charge >= 0.3 is 11.9 Å². The second kappa shape index (κ2) is 50.4. The monoisotopic (exact) mass is 2020 g/mol. The van der Waals surface area contributed by atoms with Gasteiger partial charge in [0.15, 0.2) is 48.0 Å². The Balaban J connectivity index is 0.964. The Bertz CT molecular complexity index is 6190. The van der Waals surface area contributed by atoms with Crippen LogP contribution in [-0.2, 0) is 89.9 Å². The number of carboxylic acids is 2. The predicted octanol–water partition coefficient (Wildman–Crippen LogP) is 0.0901. The molecular formula is C87H120N19O29S4+. The van der Waals surface area contributed by atoms with Crippen LogP contribution in [0.1, 0.15) is 112 Å². The van der Waals surface area contributed by atoms with E-state index in [0.29, 0.717) is 39.9 Å². The molecule has 5 heterocycles. The third kappa shape index (κ3) is 33.7. The number of ether oxygens (including phenoxy) is 1. The van der Waals surface area contributed by atoms with Crippen molar-refractivity contribution >= 4 is 128 Å². The SMILES string of the molecule is COc1cc(C)c(S(=O)(=O)N[C@@H](CNC(=O)c2cn(CCCNC(=O)[C@H](CS(O)(O)O)NC(=O)CCC(NC(=O)CN3CCN(CC(=O)O)CCN(CC(O)O)CCN(CC(O)O)CC3)C(=O)C[C@@H](CS(=O)(=O)O)[N+](=O)CCCn3cc(C(=O)CC[C@H](NS(=O)(=O)c4c(C)cc(C)cc4C)C(C)=O)c(=O)c4ccc(CNc5ncc[nH]5)cc43)c3cc(CNc4ncc[nH]4)ccc3c2=O)C(=O)O)c(C)c1. The summed E-state index contributed by atoms with van der Waals surface area (Å²) >= 11 is 0. The van der Waals surface area contributed by atoms with Crippen LogP contribution in [0, 0.1) is 39.5 Å². The number of β-amino-alcohol motifs (C(OH)–C–C–N with tert-alkyl or cyclic N) is 4. The van der Waals surface area contributed by atoms with Gasteiger partial charge in [0.05, 0.1) is 81.7 Å². The molecule has 0 aliphatic carbocycles. The summed E-state index contributed by atoms with van der Waals surface area (Å²) in [4.78, 5) is 188. The van der Waals surface area contributed by atoms with Crippen LogP contribution in [0.25, 0.3) is 21.8 Å². The third-order valence-corrected chi connectivity index (χ3v) is 28.0. The van der Waals surface area contributed by atoms with Crippen LogP contribution in [0.15, 0.2) is 117 Å². The van der Waals surface area contributed by atoms with Crippen molar-refractivity contribution in [2.45, 2.75) is 165 Å². The predicted molar refractivity (Wildman–Crippen MR) is 508 cm³/mol. The first-order valence-corrected chi connectivity index (χ1v) is 50.4. The Morgan fingerprint density at radius 3 is 1.51 bits per heavy atom. The minimum absolute atomic E-state index is 0.0127. The zero-order valence-electron chi connectivity index (χ0n) is 77.5. The molecule has 4 amide bonds. The lowest BCUT2D eigenvalue weighted by atomic mass is 10.00. The molecule has 1 unspecified atom stereocenters. The zero-order chi connectivity index (χ0) is 102. The molecule has 4 aromatic carbocycles. The van der Waals surface area contributed by atoms with Gasteiger partial charge < -0.3 is 100 Å². The number of sulfonamides is 2. The molecule has 0 saturated carbocycles. The number of aryl methyl sites for hydroxylation is 7. The summed E-state index contributed by atoms with van der Waals surface area (Å²) in [6.07, 6.45) is 0.638. The number of nitroso groups, excluding NO2 is 1. The van der Waals surface area contributed by atoms with Crippen molar-refractivity contribution in [3.8, 4) is 5.75 Å². The number of amides is 4. The van der Waals surface area contributed by atoms with Crippen molar-refractivity contribution in [1.29, 1.82) is 0 Å². The highest BCUT2D eigenvalue weighted by molar-refractivity contribution is 8.19. The fourth-order valence-corrected chi connectivity index (χ4v) is 21.2. The van der Waals surface area contributed by atoms with Crippen LogP contribution in [-0.4, -0.2) is 340 Å². The molecule has 1 aliphatic rings.